The van der Waals surface area contributed by atoms with Crippen molar-refractivity contribution in [2.45, 2.75) is 26.2 Å². The summed E-state index contributed by atoms with van der Waals surface area (Å²) in [6.07, 6.45) is 2.08. The molecule has 19 heavy (non-hydrogen) atoms. The quantitative estimate of drug-likeness (QED) is 0.754. The molecule has 1 atom stereocenters. The van der Waals surface area contributed by atoms with Crippen molar-refractivity contribution in [1.82, 2.24) is 5.32 Å². The lowest BCUT2D eigenvalue weighted by atomic mass is 10.0. The van der Waals surface area contributed by atoms with Crippen LogP contribution < -0.4 is 11.1 Å². The Morgan fingerprint density at radius 3 is 2.84 bits per heavy atom. The number of thiocarbonyl (C=S) groups is 1. The first-order valence-electron chi connectivity index (χ1n) is 6.36. The lowest BCUT2D eigenvalue weighted by molar-refractivity contribution is -0.123. The molecule has 1 rings (SSSR count). The van der Waals surface area contributed by atoms with E-state index >= 15 is 0 Å². The van der Waals surface area contributed by atoms with Crippen molar-refractivity contribution in [1.29, 1.82) is 0 Å². The van der Waals surface area contributed by atoms with E-state index in [-0.39, 0.29) is 16.7 Å². The summed E-state index contributed by atoms with van der Waals surface area (Å²) >= 11 is 4.89. The van der Waals surface area contributed by atoms with Gasteiger partial charge in [0, 0.05) is 6.54 Å². The number of rotatable bonds is 7. The van der Waals surface area contributed by atoms with E-state index in [1.54, 1.807) is 6.07 Å². The zero-order valence-corrected chi connectivity index (χ0v) is 11.8. The van der Waals surface area contributed by atoms with Crippen LogP contribution in [0.1, 0.15) is 25.3 Å². The Bertz CT molecular complexity index is 451. The lowest BCUT2D eigenvalue weighted by Crippen LogP contribution is -2.38. The number of benzene rings is 1. The second kappa shape index (κ2) is 7.84. The first-order chi connectivity index (χ1) is 9.04. The van der Waals surface area contributed by atoms with E-state index in [0.717, 1.165) is 12.0 Å². The molecule has 0 fully saturated rings. The number of halogens is 1. The second-order valence-corrected chi connectivity index (χ2v) is 4.89. The van der Waals surface area contributed by atoms with Crippen molar-refractivity contribution in [3.05, 3.63) is 35.6 Å². The van der Waals surface area contributed by atoms with Gasteiger partial charge in [0.25, 0.3) is 0 Å². The van der Waals surface area contributed by atoms with Gasteiger partial charge >= 0.3 is 0 Å². The van der Waals surface area contributed by atoms with Gasteiger partial charge in [-0.1, -0.05) is 37.7 Å². The summed E-state index contributed by atoms with van der Waals surface area (Å²) in [5.74, 6) is -0.825. The molecule has 3 nitrogen and oxygen atoms in total. The highest BCUT2D eigenvalue weighted by Gasteiger charge is 2.19. The number of hydrogen-bond acceptors (Lipinski definition) is 2. The van der Waals surface area contributed by atoms with E-state index in [9.17, 15) is 9.18 Å². The second-order valence-electron chi connectivity index (χ2n) is 4.41. The van der Waals surface area contributed by atoms with E-state index in [2.05, 4.69) is 5.32 Å². The van der Waals surface area contributed by atoms with Crippen LogP contribution in [-0.2, 0) is 11.2 Å². The number of nitrogens with one attached hydrogen (secondary N) is 1. The minimum absolute atomic E-state index is 0.147. The first-order valence-corrected chi connectivity index (χ1v) is 6.77. The molecule has 0 aromatic heterocycles. The third-order valence-corrected chi connectivity index (χ3v) is 3.12. The van der Waals surface area contributed by atoms with Crippen LogP contribution in [0.2, 0.25) is 0 Å². The van der Waals surface area contributed by atoms with Crippen molar-refractivity contribution in [3.63, 3.8) is 0 Å². The van der Waals surface area contributed by atoms with Crippen LogP contribution in [0.5, 0.6) is 0 Å². The highest BCUT2D eigenvalue weighted by Crippen LogP contribution is 2.07. The molecule has 3 N–H and O–H groups in total. The monoisotopic (exact) mass is 282 g/mol. The van der Waals surface area contributed by atoms with Crippen molar-refractivity contribution >= 4 is 23.1 Å². The smallest absolute Gasteiger partial charge is 0.229 e. The van der Waals surface area contributed by atoms with Crippen LogP contribution in [0.15, 0.2) is 24.3 Å². The number of carbonyl (C=O) groups is 1. The minimum atomic E-state index is -0.410. The molecule has 0 saturated heterocycles. The maximum atomic E-state index is 13.0. The van der Waals surface area contributed by atoms with Gasteiger partial charge in [-0.25, -0.2) is 4.39 Å². The number of carbonyl (C=O) groups excluding carboxylic acids is 1. The molecule has 1 aromatic carbocycles. The van der Waals surface area contributed by atoms with Crippen LogP contribution >= 0.6 is 12.2 Å². The number of amides is 1. The molecular weight excluding hydrogens is 263 g/mol. The van der Waals surface area contributed by atoms with Crippen LogP contribution in [0, 0.1) is 11.7 Å². The fourth-order valence-corrected chi connectivity index (χ4v) is 2.06. The predicted molar refractivity (Wildman–Crippen MR) is 78.3 cm³/mol. The minimum Gasteiger partial charge on any atom is -0.393 e. The Labute approximate surface area is 118 Å². The molecule has 0 aliphatic heterocycles. The van der Waals surface area contributed by atoms with Gasteiger partial charge in [0.15, 0.2) is 0 Å². The molecule has 1 amide bonds. The fraction of sp³-hybridized carbons (Fsp3) is 0.429. The molecule has 0 saturated carbocycles. The van der Waals surface area contributed by atoms with E-state index in [1.165, 1.54) is 12.1 Å². The summed E-state index contributed by atoms with van der Waals surface area (Å²) in [4.78, 5) is 12.1. The zero-order chi connectivity index (χ0) is 14.3. The highest BCUT2D eigenvalue weighted by atomic mass is 32.1. The molecule has 0 bridgehead atoms. The Morgan fingerprint density at radius 1 is 1.53 bits per heavy atom. The van der Waals surface area contributed by atoms with Gasteiger partial charge in [-0.3, -0.25) is 4.79 Å². The van der Waals surface area contributed by atoms with Crippen molar-refractivity contribution < 1.29 is 9.18 Å². The van der Waals surface area contributed by atoms with Crippen molar-refractivity contribution in [2.75, 3.05) is 6.54 Å². The average molecular weight is 282 g/mol. The van der Waals surface area contributed by atoms with Crippen LogP contribution in [0.3, 0.4) is 0 Å². The van der Waals surface area contributed by atoms with Gasteiger partial charge in [-0.05, 0) is 30.5 Å². The van der Waals surface area contributed by atoms with E-state index in [0.29, 0.717) is 19.4 Å². The normalized spacial score (nSPS) is 11.9. The van der Waals surface area contributed by atoms with Crippen LogP contribution in [0.25, 0.3) is 0 Å². The van der Waals surface area contributed by atoms with Gasteiger partial charge in [-0.15, -0.1) is 0 Å². The van der Waals surface area contributed by atoms with Crippen molar-refractivity contribution in [2.24, 2.45) is 11.7 Å². The molecule has 0 aliphatic carbocycles. The summed E-state index contributed by atoms with van der Waals surface area (Å²) in [5, 5.41) is 2.79. The predicted octanol–water partition coefficient (Wildman–Crippen LogP) is 2.19. The maximum absolute atomic E-state index is 13.0. The first kappa shape index (κ1) is 15.6. The third-order valence-electron chi connectivity index (χ3n) is 2.84. The average Bonchev–Trinajstić information content (AvgIpc) is 2.35. The highest BCUT2D eigenvalue weighted by molar-refractivity contribution is 7.80. The van der Waals surface area contributed by atoms with Crippen molar-refractivity contribution in [3.8, 4) is 0 Å². The zero-order valence-electron chi connectivity index (χ0n) is 11.0. The summed E-state index contributed by atoms with van der Waals surface area (Å²) < 4.78 is 13.0. The van der Waals surface area contributed by atoms with Gasteiger partial charge in [0.2, 0.25) is 5.91 Å². The van der Waals surface area contributed by atoms with Gasteiger partial charge in [0.05, 0.1) is 10.9 Å². The summed E-state index contributed by atoms with van der Waals surface area (Å²) in [7, 11) is 0. The molecule has 0 aliphatic rings. The van der Waals surface area contributed by atoms with E-state index in [1.807, 2.05) is 13.0 Å². The summed E-state index contributed by atoms with van der Waals surface area (Å²) in [5.41, 5.74) is 6.40. The lowest BCUT2D eigenvalue weighted by Gasteiger charge is -2.14. The summed E-state index contributed by atoms with van der Waals surface area (Å²) in [6.45, 7) is 2.43. The van der Waals surface area contributed by atoms with Gasteiger partial charge in [-0.2, -0.15) is 0 Å². The molecular formula is C14H19FN2OS. The van der Waals surface area contributed by atoms with E-state index < -0.39 is 5.92 Å². The standard InChI is InChI=1S/C14H19FN2OS/c1-2-4-12(13(16)19)14(18)17-8-7-10-5-3-6-11(15)9-10/h3,5-6,9,12H,2,4,7-8H2,1H3,(H2,16,19)(H,17,18). The largest absolute Gasteiger partial charge is 0.393 e. The van der Waals surface area contributed by atoms with Gasteiger partial charge < -0.3 is 11.1 Å². The molecule has 0 heterocycles. The Balaban J connectivity index is 2.43. The Hall–Kier alpha value is -1.49. The molecule has 0 radical (unpaired) electrons. The topological polar surface area (TPSA) is 55.1 Å². The fourth-order valence-electron chi connectivity index (χ4n) is 1.84. The third kappa shape index (κ3) is 5.34. The Morgan fingerprint density at radius 2 is 2.26 bits per heavy atom. The number of hydrogen-bond donors (Lipinski definition) is 2. The molecule has 1 aromatic rings. The Kier molecular flexibility index (Phi) is 6.42. The SMILES string of the molecule is CCCC(C(=O)NCCc1cccc(F)c1)C(N)=S. The van der Waals surface area contributed by atoms with E-state index in [4.69, 9.17) is 18.0 Å². The van der Waals surface area contributed by atoms with Gasteiger partial charge in [0.1, 0.15) is 5.82 Å². The van der Waals surface area contributed by atoms with Crippen LogP contribution in [-0.4, -0.2) is 17.4 Å². The number of nitrogens with two attached hydrogens (primary N) is 1. The molecule has 1 unspecified atom stereocenters. The molecule has 0 spiro atoms. The molecule has 5 heteroatoms. The molecule has 104 valence electrons. The summed E-state index contributed by atoms with van der Waals surface area (Å²) in [6, 6.07) is 6.34. The maximum Gasteiger partial charge on any atom is 0.229 e. The van der Waals surface area contributed by atoms with Crippen LogP contribution in [0.4, 0.5) is 4.39 Å².